The fraction of sp³-hybridized carbons (Fsp3) is 0.556. The topological polar surface area (TPSA) is 59.1 Å². The van der Waals surface area contributed by atoms with Gasteiger partial charge in [-0.3, -0.25) is 4.79 Å². The maximum atomic E-state index is 12.3. The number of carbonyl (C=O) groups excluding carboxylic acids is 2. The Labute approximate surface area is 143 Å². The summed E-state index contributed by atoms with van der Waals surface area (Å²) in [4.78, 5) is 27.4. The molecular formula is C18H26N2O4. The van der Waals surface area contributed by atoms with E-state index in [0.29, 0.717) is 32.8 Å². The molecule has 6 nitrogen and oxygen atoms in total. The SMILES string of the molecule is CCOC(=O)N1CCN(C(=O)COc2c(C)ccc(C)c2C)CC1. The number of carbonyl (C=O) groups is 2. The van der Waals surface area contributed by atoms with Crippen LogP contribution < -0.4 is 4.74 Å². The van der Waals surface area contributed by atoms with Crippen LogP contribution in [-0.2, 0) is 9.53 Å². The van der Waals surface area contributed by atoms with Crippen molar-refractivity contribution in [3.8, 4) is 5.75 Å². The van der Waals surface area contributed by atoms with Crippen molar-refractivity contribution >= 4 is 12.0 Å². The van der Waals surface area contributed by atoms with Gasteiger partial charge in [-0.15, -0.1) is 0 Å². The Morgan fingerprint density at radius 3 is 2.21 bits per heavy atom. The number of piperazine rings is 1. The van der Waals surface area contributed by atoms with Crippen LogP contribution in [0.2, 0.25) is 0 Å². The summed E-state index contributed by atoms with van der Waals surface area (Å²) in [6, 6.07) is 4.05. The Balaban J connectivity index is 1.87. The Morgan fingerprint density at radius 1 is 1.00 bits per heavy atom. The van der Waals surface area contributed by atoms with Gasteiger partial charge in [0.15, 0.2) is 6.61 Å². The zero-order valence-electron chi connectivity index (χ0n) is 14.9. The van der Waals surface area contributed by atoms with Crippen molar-refractivity contribution in [2.24, 2.45) is 0 Å². The zero-order valence-corrected chi connectivity index (χ0v) is 14.9. The van der Waals surface area contributed by atoms with Gasteiger partial charge in [0.1, 0.15) is 5.75 Å². The van der Waals surface area contributed by atoms with Crippen LogP contribution in [0.4, 0.5) is 4.79 Å². The average molecular weight is 334 g/mol. The second-order valence-electron chi connectivity index (χ2n) is 6.01. The number of aryl methyl sites for hydroxylation is 2. The monoisotopic (exact) mass is 334 g/mol. The number of nitrogens with zero attached hydrogens (tertiary/aromatic N) is 2. The van der Waals surface area contributed by atoms with E-state index in [1.54, 1.807) is 16.7 Å². The maximum absolute atomic E-state index is 12.3. The molecule has 0 aliphatic carbocycles. The molecule has 6 heteroatoms. The molecule has 0 unspecified atom stereocenters. The molecule has 24 heavy (non-hydrogen) atoms. The van der Waals surface area contributed by atoms with Gasteiger partial charge in [-0.1, -0.05) is 12.1 Å². The summed E-state index contributed by atoms with van der Waals surface area (Å²) in [7, 11) is 0. The summed E-state index contributed by atoms with van der Waals surface area (Å²) in [6.07, 6.45) is -0.313. The molecule has 1 saturated heterocycles. The van der Waals surface area contributed by atoms with Crippen LogP contribution in [-0.4, -0.2) is 61.2 Å². The second kappa shape index (κ2) is 8.04. The second-order valence-corrected chi connectivity index (χ2v) is 6.01. The van der Waals surface area contributed by atoms with Crippen molar-refractivity contribution in [2.75, 3.05) is 39.4 Å². The Morgan fingerprint density at radius 2 is 1.58 bits per heavy atom. The molecule has 2 amide bonds. The molecule has 1 aliphatic rings. The van der Waals surface area contributed by atoms with Crippen LogP contribution in [0.15, 0.2) is 12.1 Å². The molecule has 0 saturated carbocycles. The van der Waals surface area contributed by atoms with Crippen LogP contribution in [0.1, 0.15) is 23.6 Å². The van der Waals surface area contributed by atoms with Gasteiger partial charge in [0.2, 0.25) is 0 Å². The van der Waals surface area contributed by atoms with Gasteiger partial charge in [-0.2, -0.15) is 0 Å². The lowest BCUT2D eigenvalue weighted by Crippen LogP contribution is -2.51. The zero-order chi connectivity index (χ0) is 17.7. The van der Waals surface area contributed by atoms with E-state index in [-0.39, 0.29) is 18.6 Å². The van der Waals surface area contributed by atoms with E-state index in [9.17, 15) is 9.59 Å². The van der Waals surface area contributed by atoms with Crippen molar-refractivity contribution in [3.05, 3.63) is 28.8 Å². The van der Waals surface area contributed by atoms with Crippen LogP contribution in [0, 0.1) is 20.8 Å². The summed E-state index contributed by atoms with van der Waals surface area (Å²) in [6.45, 7) is 10.2. The molecule has 132 valence electrons. The van der Waals surface area contributed by atoms with Gasteiger partial charge in [-0.05, 0) is 44.4 Å². The highest BCUT2D eigenvalue weighted by atomic mass is 16.6. The lowest BCUT2D eigenvalue weighted by molar-refractivity contribution is -0.135. The number of hydrogen-bond acceptors (Lipinski definition) is 4. The third-order valence-corrected chi connectivity index (χ3v) is 4.37. The van der Waals surface area contributed by atoms with E-state index >= 15 is 0 Å². The molecule has 1 heterocycles. The third-order valence-electron chi connectivity index (χ3n) is 4.37. The maximum Gasteiger partial charge on any atom is 0.409 e. The predicted octanol–water partition coefficient (Wildman–Crippen LogP) is 2.29. The molecule has 2 rings (SSSR count). The first-order chi connectivity index (χ1) is 11.4. The van der Waals surface area contributed by atoms with Crippen LogP contribution in [0.25, 0.3) is 0 Å². The van der Waals surface area contributed by atoms with E-state index in [4.69, 9.17) is 9.47 Å². The molecule has 1 fully saturated rings. The molecule has 0 aromatic heterocycles. The largest absolute Gasteiger partial charge is 0.483 e. The first-order valence-electron chi connectivity index (χ1n) is 8.33. The van der Waals surface area contributed by atoms with Gasteiger partial charge in [-0.25, -0.2) is 4.79 Å². The molecular weight excluding hydrogens is 308 g/mol. The normalized spacial score (nSPS) is 14.5. The van der Waals surface area contributed by atoms with Crippen molar-refractivity contribution < 1.29 is 19.1 Å². The third kappa shape index (κ3) is 4.19. The van der Waals surface area contributed by atoms with Gasteiger partial charge in [0.05, 0.1) is 6.61 Å². The molecule has 0 atom stereocenters. The highest BCUT2D eigenvalue weighted by molar-refractivity contribution is 5.78. The molecule has 0 bridgehead atoms. The summed E-state index contributed by atoms with van der Waals surface area (Å²) in [5, 5.41) is 0. The minimum Gasteiger partial charge on any atom is -0.483 e. The number of rotatable bonds is 4. The lowest BCUT2D eigenvalue weighted by Gasteiger charge is -2.34. The Bertz CT molecular complexity index is 607. The first-order valence-corrected chi connectivity index (χ1v) is 8.33. The fourth-order valence-corrected chi connectivity index (χ4v) is 2.73. The minimum atomic E-state index is -0.313. The fourth-order valence-electron chi connectivity index (χ4n) is 2.73. The average Bonchev–Trinajstić information content (AvgIpc) is 2.58. The van der Waals surface area contributed by atoms with E-state index in [1.807, 2.05) is 32.9 Å². The summed E-state index contributed by atoms with van der Waals surface area (Å²) >= 11 is 0. The van der Waals surface area contributed by atoms with Crippen molar-refractivity contribution in [1.29, 1.82) is 0 Å². The summed E-state index contributed by atoms with van der Waals surface area (Å²) in [5.41, 5.74) is 3.24. The number of hydrogen-bond donors (Lipinski definition) is 0. The Hall–Kier alpha value is -2.24. The van der Waals surface area contributed by atoms with Gasteiger partial charge < -0.3 is 19.3 Å². The van der Waals surface area contributed by atoms with Gasteiger partial charge >= 0.3 is 6.09 Å². The quantitative estimate of drug-likeness (QED) is 0.848. The van der Waals surface area contributed by atoms with E-state index in [2.05, 4.69) is 0 Å². The van der Waals surface area contributed by atoms with Gasteiger partial charge in [0.25, 0.3) is 5.91 Å². The van der Waals surface area contributed by atoms with Crippen molar-refractivity contribution in [2.45, 2.75) is 27.7 Å². The van der Waals surface area contributed by atoms with E-state index in [0.717, 1.165) is 22.4 Å². The number of ether oxygens (including phenoxy) is 2. The molecule has 0 spiro atoms. The number of amides is 2. The predicted molar refractivity (Wildman–Crippen MR) is 91.3 cm³/mol. The van der Waals surface area contributed by atoms with Crippen LogP contribution in [0.3, 0.4) is 0 Å². The van der Waals surface area contributed by atoms with E-state index in [1.165, 1.54) is 0 Å². The van der Waals surface area contributed by atoms with Crippen LogP contribution in [0.5, 0.6) is 5.75 Å². The molecule has 0 N–H and O–H groups in total. The molecule has 1 aromatic rings. The van der Waals surface area contributed by atoms with E-state index < -0.39 is 0 Å². The highest BCUT2D eigenvalue weighted by Crippen LogP contribution is 2.25. The minimum absolute atomic E-state index is 0.0184. The van der Waals surface area contributed by atoms with Gasteiger partial charge in [0, 0.05) is 26.2 Å². The number of benzene rings is 1. The standard InChI is InChI=1S/C18H26N2O4/c1-5-23-18(22)20-10-8-19(9-11-20)16(21)12-24-17-14(3)7-6-13(2)15(17)4/h6-7H,5,8-12H2,1-4H3. The van der Waals surface area contributed by atoms with Crippen molar-refractivity contribution in [1.82, 2.24) is 9.80 Å². The molecule has 1 aromatic carbocycles. The highest BCUT2D eigenvalue weighted by Gasteiger charge is 2.25. The summed E-state index contributed by atoms with van der Waals surface area (Å²) in [5.74, 6) is 0.729. The lowest BCUT2D eigenvalue weighted by atomic mass is 10.1. The first kappa shape index (κ1) is 18.1. The Kier molecular flexibility index (Phi) is 6.06. The van der Waals surface area contributed by atoms with Crippen LogP contribution >= 0.6 is 0 Å². The van der Waals surface area contributed by atoms with Crippen molar-refractivity contribution in [3.63, 3.8) is 0 Å². The molecule has 1 aliphatic heterocycles. The molecule has 0 radical (unpaired) electrons. The smallest absolute Gasteiger partial charge is 0.409 e. The summed E-state index contributed by atoms with van der Waals surface area (Å²) < 4.78 is 10.8.